The molecule has 0 radical (unpaired) electrons. The first-order chi connectivity index (χ1) is 9.16. The number of aromatic nitrogens is 2. The van der Waals surface area contributed by atoms with Crippen molar-refractivity contribution in [2.45, 2.75) is 25.3 Å². The molecule has 1 aliphatic rings. The quantitative estimate of drug-likeness (QED) is 0.889. The zero-order chi connectivity index (χ0) is 13.4. The second-order valence-electron chi connectivity index (χ2n) is 4.70. The molecular weight excluding hydrogens is 308 g/mol. The fraction of sp³-hybridized carbons (Fsp3) is 0.308. The minimum atomic E-state index is -0.239. The predicted octanol–water partition coefficient (Wildman–Crippen LogP) is 2.26. The number of rotatable bonds is 2. The van der Waals surface area contributed by atoms with E-state index in [0.717, 1.165) is 29.1 Å². The van der Waals surface area contributed by atoms with E-state index < -0.39 is 0 Å². The maximum absolute atomic E-state index is 12.1. The van der Waals surface area contributed by atoms with Gasteiger partial charge in [-0.3, -0.25) is 4.79 Å². The van der Waals surface area contributed by atoms with Crippen molar-refractivity contribution in [1.29, 1.82) is 0 Å². The lowest BCUT2D eigenvalue weighted by molar-refractivity contribution is 0.0912. The van der Waals surface area contributed by atoms with Crippen LogP contribution in [0, 0.1) is 0 Å². The van der Waals surface area contributed by atoms with Crippen LogP contribution in [-0.2, 0) is 0 Å². The first-order valence-electron chi connectivity index (χ1n) is 6.18. The molecule has 5 nitrogen and oxygen atoms in total. The van der Waals surface area contributed by atoms with E-state index >= 15 is 0 Å². The van der Waals surface area contributed by atoms with Crippen molar-refractivity contribution in [2.75, 3.05) is 5.73 Å². The van der Waals surface area contributed by atoms with Gasteiger partial charge in [0.15, 0.2) is 5.69 Å². The Morgan fingerprint density at radius 3 is 2.84 bits per heavy atom. The van der Waals surface area contributed by atoms with Gasteiger partial charge >= 0.3 is 0 Å². The highest BCUT2D eigenvalue weighted by Crippen LogP contribution is 2.27. The van der Waals surface area contributed by atoms with Crippen LogP contribution < -0.4 is 11.1 Å². The van der Waals surface area contributed by atoms with Crippen LogP contribution >= 0.6 is 15.9 Å². The van der Waals surface area contributed by atoms with E-state index in [0.29, 0.717) is 11.2 Å². The number of hydrogen-bond acceptors (Lipinski definition) is 4. The van der Waals surface area contributed by atoms with Crippen LogP contribution in [-0.4, -0.2) is 22.1 Å². The summed E-state index contributed by atoms with van der Waals surface area (Å²) in [5.41, 5.74) is 7.29. The standard InChI is InChI=1S/C13H13BrN4O/c14-9-6-2-5-8-10(15)12(18-17-11(8)9)13(19)16-7-3-1-4-7/h2,5-7H,1,3-4H2,(H2,15,17)(H,16,19). The monoisotopic (exact) mass is 320 g/mol. The smallest absolute Gasteiger partial charge is 0.274 e. The molecule has 19 heavy (non-hydrogen) atoms. The molecule has 1 aromatic heterocycles. The van der Waals surface area contributed by atoms with Crippen molar-refractivity contribution >= 4 is 38.4 Å². The molecule has 0 spiro atoms. The van der Waals surface area contributed by atoms with Crippen LogP contribution in [0.25, 0.3) is 10.9 Å². The summed E-state index contributed by atoms with van der Waals surface area (Å²) in [5, 5.41) is 11.7. The van der Waals surface area contributed by atoms with Crippen molar-refractivity contribution in [3.05, 3.63) is 28.4 Å². The average Bonchev–Trinajstić information content (AvgIpc) is 2.35. The van der Waals surface area contributed by atoms with Crippen LogP contribution in [0.5, 0.6) is 0 Å². The molecule has 0 bridgehead atoms. The molecule has 0 aliphatic heterocycles. The van der Waals surface area contributed by atoms with E-state index in [1.54, 1.807) is 0 Å². The molecule has 0 unspecified atom stereocenters. The lowest BCUT2D eigenvalue weighted by Gasteiger charge is -2.26. The van der Waals surface area contributed by atoms with Crippen molar-refractivity contribution in [3.63, 3.8) is 0 Å². The molecule has 1 fully saturated rings. The fourth-order valence-corrected chi connectivity index (χ4v) is 2.54. The van der Waals surface area contributed by atoms with Gasteiger partial charge in [-0.05, 0) is 41.3 Å². The summed E-state index contributed by atoms with van der Waals surface area (Å²) >= 11 is 3.39. The number of halogens is 1. The van der Waals surface area contributed by atoms with Gasteiger partial charge in [0.05, 0.1) is 5.69 Å². The topological polar surface area (TPSA) is 80.9 Å². The Hall–Kier alpha value is -1.69. The Kier molecular flexibility index (Phi) is 3.10. The number of hydrogen-bond donors (Lipinski definition) is 2. The number of fused-ring (bicyclic) bond motifs is 1. The molecule has 0 saturated heterocycles. The van der Waals surface area contributed by atoms with Gasteiger partial charge in [-0.1, -0.05) is 12.1 Å². The molecule has 1 saturated carbocycles. The maximum atomic E-state index is 12.1. The highest BCUT2D eigenvalue weighted by Gasteiger charge is 2.23. The number of carbonyl (C=O) groups excluding carboxylic acids is 1. The van der Waals surface area contributed by atoms with E-state index in [1.807, 2.05) is 18.2 Å². The van der Waals surface area contributed by atoms with Crippen molar-refractivity contribution < 1.29 is 4.79 Å². The molecule has 1 heterocycles. The number of benzene rings is 1. The summed E-state index contributed by atoms with van der Waals surface area (Å²) in [6.45, 7) is 0. The first kappa shape index (κ1) is 12.3. The molecule has 0 atom stereocenters. The molecule has 1 aliphatic carbocycles. The summed E-state index contributed by atoms with van der Waals surface area (Å²) in [6, 6.07) is 5.82. The third kappa shape index (κ3) is 2.16. The third-order valence-electron chi connectivity index (χ3n) is 3.44. The third-order valence-corrected chi connectivity index (χ3v) is 4.08. The van der Waals surface area contributed by atoms with Gasteiger partial charge in [-0.2, -0.15) is 0 Å². The highest BCUT2D eigenvalue weighted by atomic mass is 79.9. The Morgan fingerprint density at radius 1 is 1.37 bits per heavy atom. The Labute approximate surface area is 118 Å². The molecule has 6 heteroatoms. The molecule has 98 valence electrons. The number of carbonyl (C=O) groups is 1. The van der Waals surface area contributed by atoms with Gasteiger partial charge in [-0.25, -0.2) is 0 Å². The van der Waals surface area contributed by atoms with E-state index in [9.17, 15) is 4.79 Å². The van der Waals surface area contributed by atoms with Crippen LogP contribution in [0.15, 0.2) is 22.7 Å². The second kappa shape index (κ2) is 4.77. The Balaban J connectivity index is 2.00. The zero-order valence-electron chi connectivity index (χ0n) is 10.2. The Morgan fingerprint density at radius 2 is 2.16 bits per heavy atom. The van der Waals surface area contributed by atoms with Gasteiger partial charge < -0.3 is 11.1 Å². The SMILES string of the molecule is Nc1c(C(=O)NC2CCC2)nnc2c(Br)cccc12. The summed E-state index contributed by atoms with van der Waals surface area (Å²) < 4.78 is 0.815. The number of anilines is 1. The van der Waals surface area contributed by atoms with E-state index in [4.69, 9.17) is 5.73 Å². The molecule has 3 N–H and O–H groups in total. The minimum absolute atomic E-state index is 0.206. The van der Waals surface area contributed by atoms with E-state index in [-0.39, 0.29) is 17.6 Å². The number of amides is 1. The number of nitrogens with two attached hydrogens (primary N) is 1. The first-order valence-corrected chi connectivity index (χ1v) is 6.97. The number of nitrogens with one attached hydrogen (secondary N) is 1. The summed E-state index contributed by atoms with van der Waals surface area (Å²) in [7, 11) is 0. The lowest BCUT2D eigenvalue weighted by atomic mass is 9.93. The summed E-state index contributed by atoms with van der Waals surface area (Å²) in [4.78, 5) is 12.1. The summed E-state index contributed by atoms with van der Waals surface area (Å²) in [6.07, 6.45) is 3.22. The van der Waals surface area contributed by atoms with Crippen LogP contribution in [0.4, 0.5) is 5.69 Å². The van der Waals surface area contributed by atoms with Gasteiger partial charge in [0, 0.05) is 15.9 Å². The van der Waals surface area contributed by atoms with Crippen LogP contribution in [0.2, 0.25) is 0 Å². The Bertz CT molecular complexity index is 654. The largest absolute Gasteiger partial charge is 0.396 e. The number of nitrogen functional groups attached to an aromatic ring is 1. The van der Waals surface area contributed by atoms with Gasteiger partial charge in [0.1, 0.15) is 5.52 Å². The van der Waals surface area contributed by atoms with E-state index in [1.165, 1.54) is 0 Å². The van der Waals surface area contributed by atoms with Crippen molar-refractivity contribution in [2.24, 2.45) is 0 Å². The van der Waals surface area contributed by atoms with Gasteiger partial charge in [-0.15, -0.1) is 10.2 Å². The van der Waals surface area contributed by atoms with E-state index in [2.05, 4.69) is 31.4 Å². The normalized spacial score (nSPS) is 15.2. The van der Waals surface area contributed by atoms with Crippen LogP contribution in [0.1, 0.15) is 29.8 Å². The zero-order valence-corrected chi connectivity index (χ0v) is 11.8. The molecule has 2 aromatic rings. The minimum Gasteiger partial charge on any atom is -0.396 e. The molecular formula is C13H13BrN4O. The van der Waals surface area contributed by atoms with Crippen LogP contribution in [0.3, 0.4) is 0 Å². The van der Waals surface area contributed by atoms with Gasteiger partial charge in [0.2, 0.25) is 0 Å². The van der Waals surface area contributed by atoms with Crippen molar-refractivity contribution in [1.82, 2.24) is 15.5 Å². The molecule has 1 amide bonds. The predicted molar refractivity (Wildman–Crippen MR) is 76.8 cm³/mol. The van der Waals surface area contributed by atoms with Crippen molar-refractivity contribution in [3.8, 4) is 0 Å². The lowest BCUT2D eigenvalue weighted by Crippen LogP contribution is -2.40. The number of nitrogens with zero attached hydrogens (tertiary/aromatic N) is 2. The molecule has 3 rings (SSSR count). The highest BCUT2D eigenvalue weighted by molar-refractivity contribution is 9.10. The average molecular weight is 321 g/mol. The van der Waals surface area contributed by atoms with Gasteiger partial charge in [0.25, 0.3) is 5.91 Å². The second-order valence-corrected chi connectivity index (χ2v) is 5.55. The maximum Gasteiger partial charge on any atom is 0.274 e. The summed E-state index contributed by atoms with van der Waals surface area (Å²) in [5.74, 6) is -0.239. The molecule has 1 aromatic carbocycles. The fourth-order valence-electron chi connectivity index (χ4n) is 2.09.